The van der Waals surface area contributed by atoms with Crippen molar-refractivity contribution in [3.63, 3.8) is 0 Å². The van der Waals surface area contributed by atoms with Crippen LogP contribution in [0.4, 0.5) is 0 Å². The zero-order valence-corrected chi connectivity index (χ0v) is 12.1. The van der Waals surface area contributed by atoms with E-state index in [0.717, 1.165) is 38.2 Å². The fourth-order valence-corrected chi connectivity index (χ4v) is 3.28. The first-order valence-corrected chi connectivity index (χ1v) is 7.20. The third kappa shape index (κ3) is 2.45. The van der Waals surface area contributed by atoms with Crippen LogP contribution in [0, 0.1) is 5.92 Å². The number of carbonyl (C=O) groups is 1. The van der Waals surface area contributed by atoms with Gasteiger partial charge in [-0.25, -0.2) is 0 Å². The lowest BCUT2D eigenvalue weighted by Gasteiger charge is -2.23. The van der Waals surface area contributed by atoms with Crippen LogP contribution < -0.4 is 5.32 Å². The highest BCUT2D eigenvalue weighted by Crippen LogP contribution is 2.30. The van der Waals surface area contributed by atoms with Gasteiger partial charge >= 0.3 is 0 Å². The second-order valence-electron chi connectivity index (χ2n) is 5.75. The quantitative estimate of drug-likeness (QED) is 0.843. The second-order valence-corrected chi connectivity index (χ2v) is 5.75. The van der Waals surface area contributed by atoms with Gasteiger partial charge in [-0.2, -0.15) is 5.10 Å². The Morgan fingerprint density at radius 1 is 1.50 bits per heavy atom. The Labute approximate surface area is 119 Å². The van der Waals surface area contributed by atoms with Gasteiger partial charge in [-0.1, -0.05) is 0 Å². The number of rotatable bonds is 3. The maximum atomic E-state index is 12.7. The number of aryl methyl sites for hydroxylation is 1. The minimum atomic E-state index is 0.0230. The number of likely N-dealkylation sites (tertiary alicyclic amines) is 1. The lowest BCUT2D eigenvalue weighted by molar-refractivity contribution is -0.134. The molecule has 3 atom stereocenters. The Kier molecular flexibility index (Phi) is 3.76. The average molecular weight is 278 g/mol. The van der Waals surface area contributed by atoms with E-state index in [1.807, 2.05) is 24.3 Å². The molecule has 2 fully saturated rings. The van der Waals surface area contributed by atoms with Crippen molar-refractivity contribution in [2.45, 2.75) is 18.4 Å². The molecule has 1 aromatic rings. The normalized spacial score (nSPS) is 30.1. The molecule has 1 amide bonds. The minimum Gasteiger partial charge on any atom is -0.380 e. The van der Waals surface area contributed by atoms with Crippen LogP contribution in [-0.2, 0) is 16.6 Å². The topological polar surface area (TPSA) is 59.4 Å². The predicted molar refractivity (Wildman–Crippen MR) is 74.3 cm³/mol. The smallest absolute Gasteiger partial charge is 0.227 e. The molecule has 3 rings (SSSR count). The number of aromatic nitrogens is 2. The molecule has 6 heteroatoms. The molecule has 2 aliphatic rings. The Morgan fingerprint density at radius 2 is 2.35 bits per heavy atom. The van der Waals surface area contributed by atoms with Crippen molar-refractivity contribution < 1.29 is 9.53 Å². The van der Waals surface area contributed by atoms with Crippen LogP contribution in [0.3, 0.4) is 0 Å². The van der Waals surface area contributed by atoms with Crippen LogP contribution in [0.25, 0.3) is 0 Å². The molecule has 0 radical (unpaired) electrons. The molecule has 0 unspecified atom stereocenters. The average Bonchev–Trinajstić information content (AvgIpc) is 3.17. The third-order valence-corrected chi connectivity index (χ3v) is 4.47. The third-order valence-electron chi connectivity index (χ3n) is 4.47. The first-order valence-electron chi connectivity index (χ1n) is 7.20. The maximum Gasteiger partial charge on any atom is 0.227 e. The first kappa shape index (κ1) is 13.6. The Morgan fingerprint density at radius 3 is 3.00 bits per heavy atom. The van der Waals surface area contributed by atoms with E-state index in [0.29, 0.717) is 0 Å². The van der Waals surface area contributed by atoms with Crippen molar-refractivity contribution in [2.75, 3.05) is 33.3 Å². The molecule has 1 aromatic heterocycles. The van der Waals surface area contributed by atoms with Crippen molar-refractivity contribution in [1.29, 1.82) is 0 Å². The molecule has 2 saturated heterocycles. The molecule has 110 valence electrons. The van der Waals surface area contributed by atoms with Crippen molar-refractivity contribution in [1.82, 2.24) is 20.0 Å². The lowest BCUT2D eigenvalue weighted by atomic mass is 9.90. The summed E-state index contributed by atoms with van der Waals surface area (Å²) < 4.78 is 7.14. The summed E-state index contributed by atoms with van der Waals surface area (Å²) in [4.78, 5) is 14.7. The number of ether oxygens (including phenoxy) is 1. The molecule has 6 nitrogen and oxygen atoms in total. The van der Waals surface area contributed by atoms with Gasteiger partial charge < -0.3 is 15.0 Å². The van der Waals surface area contributed by atoms with Gasteiger partial charge in [-0.05, 0) is 12.0 Å². The number of amides is 1. The zero-order valence-electron chi connectivity index (χ0n) is 12.1. The molecule has 0 aromatic carbocycles. The maximum absolute atomic E-state index is 12.7. The van der Waals surface area contributed by atoms with E-state index in [2.05, 4.69) is 10.4 Å². The number of methoxy groups -OCH3 is 1. The van der Waals surface area contributed by atoms with Gasteiger partial charge in [0.1, 0.15) is 0 Å². The van der Waals surface area contributed by atoms with Crippen LogP contribution in [0.5, 0.6) is 0 Å². The molecular weight excluding hydrogens is 256 g/mol. The summed E-state index contributed by atoms with van der Waals surface area (Å²) in [5.41, 5.74) is 1.15. The van der Waals surface area contributed by atoms with Crippen molar-refractivity contribution >= 4 is 5.91 Å². The highest BCUT2D eigenvalue weighted by Gasteiger charge is 2.39. The molecule has 3 heterocycles. The SMILES string of the molecule is CO[C@H]1CCN(C(=O)[C@H]2CNC[C@@H]2c2cnn(C)c2)C1. The van der Waals surface area contributed by atoms with Crippen LogP contribution in [-0.4, -0.2) is 60.0 Å². The van der Waals surface area contributed by atoms with E-state index in [9.17, 15) is 4.79 Å². The molecule has 1 N–H and O–H groups in total. The van der Waals surface area contributed by atoms with Crippen LogP contribution in [0.15, 0.2) is 12.4 Å². The molecule has 2 aliphatic heterocycles. The number of hydrogen-bond donors (Lipinski definition) is 1. The van der Waals surface area contributed by atoms with Gasteiger partial charge in [0.25, 0.3) is 0 Å². The van der Waals surface area contributed by atoms with E-state index >= 15 is 0 Å². The van der Waals surface area contributed by atoms with E-state index in [-0.39, 0.29) is 23.8 Å². The van der Waals surface area contributed by atoms with Gasteiger partial charge in [0.15, 0.2) is 0 Å². The highest BCUT2D eigenvalue weighted by atomic mass is 16.5. The van der Waals surface area contributed by atoms with Gasteiger partial charge in [0.05, 0.1) is 18.2 Å². The van der Waals surface area contributed by atoms with Crippen molar-refractivity contribution in [3.05, 3.63) is 18.0 Å². The Hall–Kier alpha value is -1.40. The van der Waals surface area contributed by atoms with Crippen LogP contribution in [0.2, 0.25) is 0 Å². The molecule has 0 bridgehead atoms. The fraction of sp³-hybridized carbons (Fsp3) is 0.714. The molecule has 0 aliphatic carbocycles. The molecule has 0 spiro atoms. The molecule has 20 heavy (non-hydrogen) atoms. The summed E-state index contributed by atoms with van der Waals surface area (Å²) in [7, 11) is 3.63. The zero-order chi connectivity index (χ0) is 14.1. The Bertz CT molecular complexity index is 487. The monoisotopic (exact) mass is 278 g/mol. The summed E-state index contributed by atoms with van der Waals surface area (Å²) in [6.07, 6.45) is 5.03. The summed E-state index contributed by atoms with van der Waals surface area (Å²) >= 11 is 0. The predicted octanol–water partition coefficient (Wildman–Crippen LogP) is -0.0296. The standard InChI is InChI=1S/C14H22N4O2/c1-17-8-10(5-16-17)12-6-15-7-13(12)14(19)18-4-3-11(9-18)20-2/h5,8,11-13,15H,3-4,6-7,9H2,1-2H3/t11-,12+,13-/m0/s1. The van der Waals surface area contributed by atoms with E-state index < -0.39 is 0 Å². The first-order chi connectivity index (χ1) is 9.69. The highest BCUT2D eigenvalue weighted by molar-refractivity contribution is 5.81. The number of nitrogens with one attached hydrogen (secondary N) is 1. The summed E-state index contributed by atoms with van der Waals surface area (Å²) in [6, 6.07) is 0. The van der Waals surface area contributed by atoms with Gasteiger partial charge in [-0.3, -0.25) is 9.48 Å². The van der Waals surface area contributed by atoms with E-state index in [1.54, 1.807) is 11.8 Å². The number of carbonyl (C=O) groups excluding carboxylic acids is 1. The second kappa shape index (κ2) is 5.54. The molecular formula is C14H22N4O2. The van der Waals surface area contributed by atoms with Gasteiger partial charge in [0.2, 0.25) is 5.91 Å². The van der Waals surface area contributed by atoms with Crippen molar-refractivity contribution in [3.8, 4) is 0 Å². The number of hydrogen-bond acceptors (Lipinski definition) is 4. The number of nitrogens with zero attached hydrogens (tertiary/aromatic N) is 3. The van der Waals surface area contributed by atoms with Crippen LogP contribution in [0.1, 0.15) is 17.9 Å². The fourth-order valence-electron chi connectivity index (χ4n) is 3.28. The van der Waals surface area contributed by atoms with E-state index in [4.69, 9.17) is 4.74 Å². The summed E-state index contributed by atoms with van der Waals surface area (Å²) in [6.45, 7) is 3.15. The van der Waals surface area contributed by atoms with E-state index in [1.165, 1.54) is 0 Å². The van der Waals surface area contributed by atoms with Crippen molar-refractivity contribution in [2.24, 2.45) is 13.0 Å². The van der Waals surface area contributed by atoms with Gasteiger partial charge in [0, 0.05) is 52.5 Å². The van der Waals surface area contributed by atoms with Gasteiger partial charge in [-0.15, -0.1) is 0 Å². The molecule has 0 saturated carbocycles. The van der Waals surface area contributed by atoms with Crippen LogP contribution >= 0.6 is 0 Å². The minimum absolute atomic E-state index is 0.0230. The summed E-state index contributed by atoms with van der Waals surface area (Å²) in [5, 5.41) is 7.57. The lowest BCUT2D eigenvalue weighted by Crippen LogP contribution is -2.37. The summed E-state index contributed by atoms with van der Waals surface area (Å²) in [5.74, 6) is 0.510. The largest absolute Gasteiger partial charge is 0.380 e. The Balaban J connectivity index is 1.71.